The van der Waals surface area contributed by atoms with E-state index in [4.69, 9.17) is 16.7 Å². The molecule has 0 unspecified atom stereocenters. The molecule has 0 atom stereocenters. The Kier molecular flexibility index (Phi) is 6.11. The summed E-state index contributed by atoms with van der Waals surface area (Å²) >= 11 is 9.10. The van der Waals surface area contributed by atoms with Gasteiger partial charge < -0.3 is 15.3 Å². The maximum atomic E-state index is 11.9. The molecule has 0 saturated heterocycles. The van der Waals surface area contributed by atoms with Gasteiger partial charge in [-0.15, -0.1) is 0 Å². The number of carbonyl (C=O) groups is 2. The predicted molar refractivity (Wildman–Crippen MR) is 77.7 cm³/mol. The molecular formula is C12H14BrClN2O3. The van der Waals surface area contributed by atoms with Gasteiger partial charge in [0.05, 0.1) is 5.02 Å². The Bertz CT molecular complexity index is 482. The molecule has 0 fully saturated rings. The summed E-state index contributed by atoms with van der Waals surface area (Å²) in [5.74, 6) is -1.04. The fourth-order valence-electron chi connectivity index (χ4n) is 1.46. The molecule has 0 spiro atoms. The number of urea groups is 1. The average Bonchev–Trinajstić information content (AvgIpc) is 2.33. The molecule has 0 aromatic heterocycles. The van der Waals surface area contributed by atoms with Crippen molar-refractivity contribution >= 4 is 45.2 Å². The van der Waals surface area contributed by atoms with Gasteiger partial charge in [-0.3, -0.25) is 4.79 Å². The lowest BCUT2D eigenvalue weighted by Gasteiger charge is -2.20. The van der Waals surface area contributed by atoms with Crippen LogP contribution in [0.3, 0.4) is 0 Å². The number of carboxylic acid groups (broad SMARTS) is 1. The Hall–Kier alpha value is -1.27. The molecule has 0 heterocycles. The second-order valence-electron chi connectivity index (χ2n) is 3.87. The standard InChI is InChI=1S/C12H14BrClN2O3/c1-2-5-16(7-11(17)18)12(19)15-8-3-4-10(14)9(13)6-8/h3-4,6H,2,5,7H2,1H3,(H,15,19)(H,17,18). The van der Waals surface area contributed by atoms with Crippen molar-refractivity contribution in [1.82, 2.24) is 4.90 Å². The van der Waals surface area contributed by atoms with Crippen molar-refractivity contribution in [3.63, 3.8) is 0 Å². The molecular weight excluding hydrogens is 336 g/mol. The normalized spacial score (nSPS) is 10.1. The third kappa shape index (κ3) is 5.08. The van der Waals surface area contributed by atoms with Gasteiger partial charge in [-0.1, -0.05) is 18.5 Å². The van der Waals surface area contributed by atoms with E-state index in [1.165, 1.54) is 4.90 Å². The maximum Gasteiger partial charge on any atom is 0.323 e. The van der Waals surface area contributed by atoms with Crippen LogP contribution < -0.4 is 5.32 Å². The zero-order chi connectivity index (χ0) is 14.4. The average molecular weight is 350 g/mol. The first-order chi connectivity index (χ1) is 8.93. The second kappa shape index (κ2) is 7.35. The van der Waals surface area contributed by atoms with Crippen LogP contribution in [0.1, 0.15) is 13.3 Å². The lowest BCUT2D eigenvalue weighted by molar-refractivity contribution is -0.137. The Morgan fingerprint density at radius 2 is 2.16 bits per heavy atom. The Balaban J connectivity index is 2.74. The van der Waals surface area contributed by atoms with Gasteiger partial charge in [0, 0.05) is 16.7 Å². The summed E-state index contributed by atoms with van der Waals surface area (Å²) in [6.45, 7) is 1.93. The molecule has 19 heavy (non-hydrogen) atoms. The van der Waals surface area contributed by atoms with Crippen LogP contribution in [-0.4, -0.2) is 35.1 Å². The Labute approximate surface area is 124 Å². The van der Waals surface area contributed by atoms with E-state index in [0.717, 1.165) is 0 Å². The number of nitrogens with zero attached hydrogens (tertiary/aromatic N) is 1. The molecule has 7 heteroatoms. The molecule has 0 aliphatic rings. The van der Waals surface area contributed by atoms with E-state index in [1.807, 2.05) is 6.92 Å². The van der Waals surface area contributed by atoms with Gasteiger partial charge in [-0.05, 0) is 40.5 Å². The molecule has 0 aliphatic heterocycles. The van der Waals surface area contributed by atoms with Crippen molar-refractivity contribution in [2.24, 2.45) is 0 Å². The number of carbonyl (C=O) groups excluding carboxylic acids is 1. The molecule has 0 radical (unpaired) electrons. The number of nitrogens with one attached hydrogen (secondary N) is 1. The van der Waals surface area contributed by atoms with Crippen LogP contribution in [-0.2, 0) is 4.79 Å². The van der Waals surface area contributed by atoms with Gasteiger partial charge in [0.2, 0.25) is 0 Å². The highest BCUT2D eigenvalue weighted by atomic mass is 79.9. The molecule has 2 N–H and O–H groups in total. The van der Waals surface area contributed by atoms with Crippen molar-refractivity contribution in [2.75, 3.05) is 18.4 Å². The molecule has 0 saturated carbocycles. The number of aliphatic carboxylic acids is 1. The SMILES string of the molecule is CCCN(CC(=O)O)C(=O)Nc1ccc(Cl)c(Br)c1. The van der Waals surface area contributed by atoms with Crippen molar-refractivity contribution in [3.05, 3.63) is 27.7 Å². The summed E-state index contributed by atoms with van der Waals surface area (Å²) in [7, 11) is 0. The summed E-state index contributed by atoms with van der Waals surface area (Å²) < 4.78 is 0.659. The van der Waals surface area contributed by atoms with Crippen LogP contribution in [0.2, 0.25) is 5.02 Å². The predicted octanol–water partition coefficient (Wildman–Crippen LogP) is 3.43. The Morgan fingerprint density at radius 1 is 1.47 bits per heavy atom. The third-order valence-corrected chi connectivity index (χ3v) is 3.49. The quantitative estimate of drug-likeness (QED) is 0.855. The number of hydrogen-bond donors (Lipinski definition) is 2. The molecule has 5 nitrogen and oxygen atoms in total. The minimum absolute atomic E-state index is 0.325. The lowest BCUT2D eigenvalue weighted by Crippen LogP contribution is -2.39. The van der Waals surface area contributed by atoms with Crippen molar-refractivity contribution in [1.29, 1.82) is 0 Å². The van der Waals surface area contributed by atoms with Gasteiger partial charge in [0.25, 0.3) is 0 Å². The fraction of sp³-hybridized carbons (Fsp3) is 0.333. The summed E-state index contributed by atoms with van der Waals surface area (Å²) in [5.41, 5.74) is 0.549. The number of rotatable bonds is 5. The highest BCUT2D eigenvalue weighted by Gasteiger charge is 2.16. The molecule has 1 aromatic rings. The van der Waals surface area contributed by atoms with Crippen LogP contribution >= 0.6 is 27.5 Å². The smallest absolute Gasteiger partial charge is 0.323 e. The molecule has 0 bridgehead atoms. The van der Waals surface area contributed by atoms with E-state index >= 15 is 0 Å². The van der Waals surface area contributed by atoms with E-state index in [2.05, 4.69) is 21.2 Å². The highest BCUT2D eigenvalue weighted by molar-refractivity contribution is 9.10. The van der Waals surface area contributed by atoms with Gasteiger partial charge in [-0.25, -0.2) is 4.79 Å². The van der Waals surface area contributed by atoms with Gasteiger partial charge in [0.1, 0.15) is 6.54 Å². The first-order valence-corrected chi connectivity index (χ1v) is 6.84. The van der Waals surface area contributed by atoms with Crippen molar-refractivity contribution in [3.8, 4) is 0 Å². The number of carboxylic acids is 1. The largest absolute Gasteiger partial charge is 0.480 e. The number of hydrogen-bond acceptors (Lipinski definition) is 2. The third-order valence-electron chi connectivity index (χ3n) is 2.28. The van der Waals surface area contributed by atoms with E-state index in [-0.39, 0.29) is 6.54 Å². The Morgan fingerprint density at radius 3 is 2.68 bits per heavy atom. The molecule has 0 aliphatic carbocycles. The second-order valence-corrected chi connectivity index (χ2v) is 5.14. The van der Waals surface area contributed by atoms with Crippen LogP contribution in [0.5, 0.6) is 0 Å². The summed E-state index contributed by atoms with van der Waals surface area (Å²) in [6, 6.07) is 4.50. The minimum atomic E-state index is -1.04. The summed E-state index contributed by atoms with van der Waals surface area (Å²) in [4.78, 5) is 23.9. The van der Waals surface area contributed by atoms with Crippen LogP contribution in [0.4, 0.5) is 10.5 Å². The fourth-order valence-corrected chi connectivity index (χ4v) is 1.96. The van der Waals surface area contributed by atoms with Crippen LogP contribution in [0.25, 0.3) is 0 Å². The van der Waals surface area contributed by atoms with Crippen molar-refractivity contribution < 1.29 is 14.7 Å². The van der Waals surface area contributed by atoms with Gasteiger partial charge in [0.15, 0.2) is 0 Å². The monoisotopic (exact) mass is 348 g/mol. The number of benzene rings is 1. The topological polar surface area (TPSA) is 69.6 Å². The van der Waals surface area contributed by atoms with E-state index < -0.39 is 12.0 Å². The lowest BCUT2D eigenvalue weighted by atomic mass is 10.3. The van der Waals surface area contributed by atoms with Crippen LogP contribution in [0, 0.1) is 0 Å². The summed E-state index contributed by atoms with van der Waals surface area (Å²) in [6.07, 6.45) is 0.686. The maximum absolute atomic E-state index is 11.9. The minimum Gasteiger partial charge on any atom is -0.480 e. The van der Waals surface area contributed by atoms with E-state index in [1.54, 1.807) is 18.2 Å². The zero-order valence-corrected chi connectivity index (χ0v) is 12.7. The van der Waals surface area contributed by atoms with Gasteiger partial charge in [-0.2, -0.15) is 0 Å². The molecule has 1 aromatic carbocycles. The molecule has 2 amide bonds. The van der Waals surface area contributed by atoms with Gasteiger partial charge >= 0.3 is 12.0 Å². The summed E-state index contributed by atoms with van der Waals surface area (Å²) in [5, 5.41) is 11.9. The van der Waals surface area contributed by atoms with E-state index in [9.17, 15) is 9.59 Å². The van der Waals surface area contributed by atoms with Crippen molar-refractivity contribution in [2.45, 2.75) is 13.3 Å². The molecule has 1 rings (SSSR count). The first-order valence-electron chi connectivity index (χ1n) is 5.66. The number of amides is 2. The number of halogens is 2. The van der Waals surface area contributed by atoms with Crippen LogP contribution in [0.15, 0.2) is 22.7 Å². The van der Waals surface area contributed by atoms with E-state index in [0.29, 0.717) is 28.1 Å². The zero-order valence-electron chi connectivity index (χ0n) is 10.3. The highest BCUT2D eigenvalue weighted by Crippen LogP contribution is 2.25. The first kappa shape index (κ1) is 15.8. The molecule has 104 valence electrons. The number of anilines is 1.